The van der Waals surface area contributed by atoms with Crippen LogP contribution in [0.4, 0.5) is 10.1 Å². The van der Waals surface area contributed by atoms with Crippen molar-refractivity contribution in [2.24, 2.45) is 5.92 Å². The normalized spacial score (nSPS) is 16.4. The fraction of sp³-hybridized carbons (Fsp3) is 0.348. The molecule has 0 saturated carbocycles. The molecule has 2 heterocycles. The summed E-state index contributed by atoms with van der Waals surface area (Å²) in [6.45, 7) is 1.79. The number of anilines is 1. The summed E-state index contributed by atoms with van der Waals surface area (Å²) in [7, 11) is 3.14. The largest absolute Gasteiger partial charge is 0.493 e. The van der Waals surface area contributed by atoms with Gasteiger partial charge in [-0.3, -0.25) is 9.69 Å². The smallest absolute Gasteiger partial charge is 0.241 e. The number of carbonyl (C=O) groups excluding carboxylic acids is 1. The summed E-state index contributed by atoms with van der Waals surface area (Å²) in [4.78, 5) is 19.3. The number of hydrogen-bond donors (Lipinski definition) is 1. The molecular weight excluding hydrogens is 451 g/mol. The van der Waals surface area contributed by atoms with Gasteiger partial charge in [-0.2, -0.15) is 4.98 Å². The Morgan fingerprint density at radius 1 is 1.24 bits per heavy atom. The zero-order valence-electron chi connectivity index (χ0n) is 18.3. The first-order valence-corrected chi connectivity index (χ1v) is 10.9. The zero-order chi connectivity index (χ0) is 23.4. The molecule has 3 aromatic rings. The summed E-state index contributed by atoms with van der Waals surface area (Å²) in [5.74, 6) is 1.27. The lowest BCUT2D eigenvalue weighted by Crippen LogP contribution is -2.40. The van der Waals surface area contributed by atoms with Gasteiger partial charge < -0.3 is 19.3 Å². The number of benzene rings is 2. The number of nitrogens with zero attached hydrogens (tertiary/aromatic N) is 3. The maximum Gasteiger partial charge on any atom is 0.241 e. The molecule has 0 bridgehead atoms. The van der Waals surface area contributed by atoms with Gasteiger partial charge in [-0.05, 0) is 55.8 Å². The highest BCUT2D eigenvalue weighted by Gasteiger charge is 2.27. The fourth-order valence-electron chi connectivity index (χ4n) is 3.84. The van der Waals surface area contributed by atoms with Gasteiger partial charge in [0.25, 0.3) is 0 Å². The number of piperidine rings is 1. The Balaban J connectivity index is 1.39. The lowest BCUT2D eigenvalue weighted by Gasteiger charge is -2.30. The molecule has 0 radical (unpaired) electrons. The molecule has 1 aliphatic rings. The van der Waals surface area contributed by atoms with Crippen LogP contribution in [0.3, 0.4) is 0 Å². The van der Waals surface area contributed by atoms with Crippen LogP contribution < -0.4 is 14.8 Å². The number of aromatic nitrogens is 2. The Hall–Kier alpha value is -3.17. The van der Waals surface area contributed by atoms with Crippen molar-refractivity contribution in [3.05, 3.63) is 53.1 Å². The molecule has 8 nitrogen and oxygen atoms in total. The predicted octanol–water partition coefficient (Wildman–Crippen LogP) is 4.40. The molecule has 174 valence electrons. The highest BCUT2D eigenvalue weighted by Crippen LogP contribution is 2.31. The molecule has 1 amide bonds. The molecule has 1 fully saturated rings. The number of nitrogens with one attached hydrogen (secondary N) is 1. The van der Waals surface area contributed by atoms with Crippen LogP contribution in [0, 0.1) is 11.7 Å². The summed E-state index contributed by atoms with van der Waals surface area (Å²) in [5.41, 5.74) is 1.14. The van der Waals surface area contributed by atoms with Gasteiger partial charge in [-0.1, -0.05) is 16.8 Å². The summed E-state index contributed by atoms with van der Waals surface area (Å²) in [6.07, 6.45) is 1.60. The molecule has 1 N–H and O–H groups in total. The Morgan fingerprint density at radius 3 is 2.82 bits per heavy atom. The average Bonchev–Trinajstić information content (AvgIpc) is 3.29. The maximum atomic E-state index is 13.2. The van der Waals surface area contributed by atoms with Gasteiger partial charge in [0.2, 0.25) is 17.6 Å². The van der Waals surface area contributed by atoms with Crippen molar-refractivity contribution < 1.29 is 23.2 Å². The molecule has 0 spiro atoms. The van der Waals surface area contributed by atoms with Crippen molar-refractivity contribution in [3.63, 3.8) is 0 Å². The molecule has 0 unspecified atom stereocenters. The molecule has 1 atom stereocenters. The first-order chi connectivity index (χ1) is 16.0. The topological polar surface area (TPSA) is 89.7 Å². The molecule has 0 aliphatic carbocycles. The molecule has 10 heteroatoms. The highest BCUT2D eigenvalue weighted by molar-refractivity contribution is 6.33. The zero-order valence-corrected chi connectivity index (χ0v) is 19.1. The van der Waals surface area contributed by atoms with E-state index in [0.717, 1.165) is 24.9 Å². The standard InChI is InChI=1S/C23H24ClFN4O4/c1-31-19-8-5-14(10-20(19)32-2)22-27-21(33-28-22)13-29-9-3-4-15(12-29)23(30)26-18-7-6-16(25)11-17(18)24/h5-8,10-11,15H,3-4,9,12-13H2,1-2H3,(H,26,30)/t15-/m0/s1. The molecule has 2 aromatic carbocycles. The third-order valence-electron chi connectivity index (χ3n) is 5.53. The minimum Gasteiger partial charge on any atom is -0.493 e. The third-order valence-corrected chi connectivity index (χ3v) is 5.85. The molecule has 4 rings (SSSR count). The number of carbonyl (C=O) groups is 1. The van der Waals surface area contributed by atoms with E-state index in [0.29, 0.717) is 42.0 Å². The van der Waals surface area contributed by atoms with Crippen LogP contribution in [0.1, 0.15) is 18.7 Å². The summed E-state index contributed by atoms with van der Waals surface area (Å²) >= 11 is 6.03. The Morgan fingerprint density at radius 2 is 2.06 bits per heavy atom. The first-order valence-electron chi connectivity index (χ1n) is 10.5. The van der Waals surface area contributed by atoms with Gasteiger partial charge in [0.05, 0.1) is 37.4 Å². The molecular formula is C23H24ClFN4O4. The van der Waals surface area contributed by atoms with Crippen LogP contribution in [0.15, 0.2) is 40.9 Å². The lowest BCUT2D eigenvalue weighted by molar-refractivity contribution is -0.121. The van der Waals surface area contributed by atoms with Crippen molar-refractivity contribution in [1.29, 1.82) is 0 Å². The van der Waals surface area contributed by atoms with Crippen LogP contribution in [-0.4, -0.2) is 48.3 Å². The Bertz CT molecular complexity index is 1140. The lowest BCUT2D eigenvalue weighted by atomic mass is 9.97. The van der Waals surface area contributed by atoms with E-state index in [1.165, 1.54) is 18.2 Å². The van der Waals surface area contributed by atoms with Crippen molar-refractivity contribution >= 4 is 23.2 Å². The van der Waals surface area contributed by atoms with Gasteiger partial charge in [0.1, 0.15) is 5.82 Å². The number of methoxy groups -OCH3 is 2. The molecule has 33 heavy (non-hydrogen) atoms. The van der Waals surface area contributed by atoms with E-state index in [1.807, 2.05) is 6.07 Å². The second-order valence-electron chi connectivity index (χ2n) is 7.77. The van der Waals surface area contributed by atoms with Crippen molar-refractivity contribution in [3.8, 4) is 22.9 Å². The van der Waals surface area contributed by atoms with Gasteiger partial charge in [0, 0.05) is 12.1 Å². The summed E-state index contributed by atoms with van der Waals surface area (Å²) in [6, 6.07) is 9.30. The summed E-state index contributed by atoms with van der Waals surface area (Å²) < 4.78 is 29.3. The SMILES string of the molecule is COc1ccc(-c2noc(CN3CCC[C@H](C(=O)Nc4ccc(F)cc4Cl)C3)n2)cc1OC. The number of likely N-dealkylation sites (tertiary alicyclic amines) is 1. The van der Waals surface area contributed by atoms with Gasteiger partial charge in [-0.25, -0.2) is 4.39 Å². The number of hydrogen-bond acceptors (Lipinski definition) is 7. The number of halogens is 2. The van der Waals surface area contributed by atoms with Crippen LogP contribution in [0.5, 0.6) is 11.5 Å². The van der Waals surface area contributed by atoms with Crippen LogP contribution >= 0.6 is 11.6 Å². The Labute approximate surface area is 195 Å². The Kier molecular flexibility index (Phi) is 7.10. The summed E-state index contributed by atoms with van der Waals surface area (Å²) in [5, 5.41) is 7.05. The van der Waals surface area contributed by atoms with Crippen molar-refractivity contribution in [1.82, 2.24) is 15.0 Å². The maximum absolute atomic E-state index is 13.2. The minimum atomic E-state index is -0.450. The van der Waals surface area contributed by atoms with E-state index < -0.39 is 5.82 Å². The van der Waals surface area contributed by atoms with Crippen molar-refractivity contribution in [2.75, 3.05) is 32.6 Å². The van der Waals surface area contributed by atoms with Crippen LogP contribution in [-0.2, 0) is 11.3 Å². The van der Waals surface area contributed by atoms with E-state index in [9.17, 15) is 9.18 Å². The van der Waals surface area contributed by atoms with E-state index in [4.69, 9.17) is 25.6 Å². The molecule has 1 saturated heterocycles. The number of rotatable bonds is 7. The van der Waals surface area contributed by atoms with Crippen LogP contribution in [0.2, 0.25) is 5.02 Å². The van der Waals surface area contributed by atoms with Gasteiger partial charge in [-0.15, -0.1) is 0 Å². The van der Waals surface area contributed by atoms with E-state index >= 15 is 0 Å². The highest BCUT2D eigenvalue weighted by atomic mass is 35.5. The molecule has 1 aliphatic heterocycles. The average molecular weight is 475 g/mol. The molecule has 1 aromatic heterocycles. The van der Waals surface area contributed by atoms with Gasteiger partial charge in [0.15, 0.2) is 11.5 Å². The quantitative estimate of drug-likeness (QED) is 0.543. The monoisotopic (exact) mass is 474 g/mol. The van der Waals surface area contributed by atoms with Gasteiger partial charge >= 0.3 is 0 Å². The van der Waals surface area contributed by atoms with E-state index in [1.54, 1.807) is 26.4 Å². The van der Waals surface area contributed by atoms with E-state index in [-0.39, 0.29) is 16.8 Å². The third kappa shape index (κ3) is 5.43. The second kappa shape index (κ2) is 10.2. The number of amides is 1. The first kappa shape index (κ1) is 23.0. The number of ether oxygens (including phenoxy) is 2. The van der Waals surface area contributed by atoms with Crippen LogP contribution in [0.25, 0.3) is 11.4 Å². The predicted molar refractivity (Wildman–Crippen MR) is 121 cm³/mol. The van der Waals surface area contributed by atoms with E-state index in [2.05, 4.69) is 20.4 Å². The second-order valence-corrected chi connectivity index (χ2v) is 8.18. The van der Waals surface area contributed by atoms with Crippen molar-refractivity contribution in [2.45, 2.75) is 19.4 Å². The fourth-order valence-corrected chi connectivity index (χ4v) is 4.06. The minimum absolute atomic E-state index is 0.148.